The molecule has 4 aromatic rings. The first kappa shape index (κ1) is 23.8. The molecule has 1 unspecified atom stereocenters. The van der Waals surface area contributed by atoms with Crippen LogP contribution >= 0.6 is 15.9 Å². The van der Waals surface area contributed by atoms with E-state index >= 15 is 0 Å². The second kappa shape index (κ2) is 9.59. The van der Waals surface area contributed by atoms with Crippen molar-refractivity contribution in [2.24, 2.45) is 0 Å². The van der Waals surface area contributed by atoms with Gasteiger partial charge in [0.05, 0.1) is 16.4 Å². The molecule has 182 valence electrons. The SMILES string of the molecule is O=S(=O)(c1ccc(F)cc1F)N1CCCC(c2cc(NCc3cccnc3)n3ncc(Br)c3n2)C1. The number of anilines is 1. The van der Waals surface area contributed by atoms with Crippen LogP contribution in [0.3, 0.4) is 0 Å². The van der Waals surface area contributed by atoms with Gasteiger partial charge in [-0.05, 0) is 52.5 Å². The van der Waals surface area contributed by atoms with Gasteiger partial charge in [0, 0.05) is 50.1 Å². The maximum Gasteiger partial charge on any atom is 0.246 e. The molecule has 12 heteroatoms. The zero-order valence-corrected chi connectivity index (χ0v) is 20.8. The Morgan fingerprint density at radius 3 is 2.80 bits per heavy atom. The minimum absolute atomic E-state index is 0.135. The van der Waals surface area contributed by atoms with E-state index in [-0.39, 0.29) is 19.0 Å². The van der Waals surface area contributed by atoms with Crippen LogP contribution in [0.4, 0.5) is 14.6 Å². The smallest absolute Gasteiger partial charge is 0.246 e. The topological polar surface area (TPSA) is 92.5 Å². The number of hydrogen-bond donors (Lipinski definition) is 1. The third-order valence-corrected chi connectivity index (χ3v) is 8.42. The van der Waals surface area contributed by atoms with E-state index in [4.69, 9.17) is 4.98 Å². The highest BCUT2D eigenvalue weighted by Gasteiger charge is 2.33. The Hall–Kier alpha value is -2.96. The molecule has 35 heavy (non-hydrogen) atoms. The highest BCUT2D eigenvalue weighted by molar-refractivity contribution is 9.10. The van der Waals surface area contributed by atoms with Gasteiger partial charge >= 0.3 is 0 Å². The molecule has 3 aromatic heterocycles. The lowest BCUT2D eigenvalue weighted by Gasteiger charge is -2.32. The third kappa shape index (κ3) is 4.78. The van der Waals surface area contributed by atoms with E-state index < -0.39 is 26.6 Å². The maximum atomic E-state index is 14.3. The Morgan fingerprint density at radius 2 is 2.03 bits per heavy atom. The van der Waals surface area contributed by atoms with Crippen LogP contribution in [0.1, 0.15) is 30.0 Å². The quantitative estimate of drug-likeness (QED) is 0.375. The van der Waals surface area contributed by atoms with Crippen molar-refractivity contribution < 1.29 is 17.2 Å². The lowest BCUT2D eigenvalue weighted by Crippen LogP contribution is -2.39. The van der Waals surface area contributed by atoms with E-state index in [0.717, 1.165) is 24.1 Å². The summed E-state index contributed by atoms with van der Waals surface area (Å²) in [6.45, 7) is 0.898. The summed E-state index contributed by atoms with van der Waals surface area (Å²) in [5, 5.41) is 7.74. The molecule has 0 spiro atoms. The standard InChI is InChI=1S/C23H21BrF2N6O2S/c24-18-13-29-32-22(28-12-15-3-1-7-27-11-15)10-20(30-23(18)32)16-4-2-8-31(14-16)35(33,34)21-6-5-17(25)9-19(21)26/h1,3,5-7,9-11,13,16,28H,2,4,8,12,14H2. The number of hydrogen-bond acceptors (Lipinski definition) is 6. The summed E-state index contributed by atoms with van der Waals surface area (Å²) >= 11 is 3.48. The van der Waals surface area contributed by atoms with E-state index in [1.807, 2.05) is 18.2 Å². The number of halogens is 3. The minimum Gasteiger partial charge on any atom is -0.366 e. The molecule has 1 N–H and O–H groups in total. The molecule has 8 nitrogen and oxygen atoms in total. The van der Waals surface area contributed by atoms with E-state index in [2.05, 4.69) is 31.3 Å². The lowest BCUT2D eigenvalue weighted by molar-refractivity contribution is 0.311. The van der Waals surface area contributed by atoms with E-state index in [1.165, 1.54) is 4.31 Å². The van der Waals surface area contributed by atoms with Crippen molar-refractivity contribution in [3.63, 3.8) is 0 Å². The molecule has 1 saturated heterocycles. The van der Waals surface area contributed by atoms with Crippen LogP contribution in [0.2, 0.25) is 0 Å². The van der Waals surface area contributed by atoms with Crippen molar-refractivity contribution >= 4 is 37.4 Å². The van der Waals surface area contributed by atoms with Gasteiger partial charge in [0.15, 0.2) is 5.65 Å². The van der Waals surface area contributed by atoms with Crippen molar-refractivity contribution in [3.05, 3.63) is 82.4 Å². The van der Waals surface area contributed by atoms with Crippen LogP contribution in [0, 0.1) is 11.6 Å². The molecule has 1 aliphatic rings. The normalized spacial score (nSPS) is 17.1. The summed E-state index contributed by atoms with van der Waals surface area (Å²) < 4.78 is 57.6. The molecule has 1 atom stereocenters. The van der Waals surface area contributed by atoms with E-state index in [0.29, 0.717) is 40.7 Å². The Morgan fingerprint density at radius 1 is 1.17 bits per heavy atom. The van der Waals surface area contributed by atoms with Crippen molar-refractivity contribution in [2.75, 3.05) is 18.4 Å². The maximum absolute atomic E-state index is 14.3. The van der Waals surface area contributed by atoms with Crippen LogP contribution in [0.15, 0.2) is 64.4 Å². The lowest BCUT2D eigenvalue weighted by atomic mass is 9.96. The summed E-state index contributed by atoms with van der Waals surface area (Å²) in [5.41, 5.74) is 2.29. The number of aromatic nitrogens is 4. The Balaban J connectivity index is 1.45. The summed E-state index contributed by atoms with van der Waals surface area (Å²) in [6, 6.07) is 8.18. The number of nitrogens with one attached hydrogen (secondary N) is 1. The van der Waals surface area contributed by atoms with Crippen LogP contribution in [0.5, 0.6) is 0 Å². The molecule has 5 rings (SSSR count). The highest BCUT2D eigenvalue weighted by atomic mass is 79.9. The molecule has 0 radical (unpaired) electrons. The molecule has 4 heterocycles. The minimum atomic E-state index is -4.13. The summed E-state index contributed by atoms with van der Waals surface area (Å²) in [7, 11) is -4.13. The highest BCUT2D eigenvalue weighted by Crippen LogP contribution is 2.32. The van der Waals surface area contributed by atoms with Crippen molar-refractivity contribution in [2.45, 2.75) is 30.2 Å². The molecule has 1 aromatic carbocycles. The fourth-order valence-corrected chi connectivity index (χ4v) is 6.13. The Labute approximate surface area is 209 Å². The number of pyridine rings is 1. The van der Waals surface area contributed by atoms with Gasteiger partial charge in [-0.2, -0.15) is 13.9 Å². The number of fused-ring (bicyclic) bond motifs is 1. The van der Waals surface area contributed by atoms with Crippen molar-refractivity contribution in [1.29, 1.82) is 0 Å². The molecule has 0 amide bonds. The molecular formula is C23H21BrF2N6O2S. The molecule has 0 saturated carbocycles. The van der Waals surface area contributed by atoms with Gasteiger partial charge in [0.1, 0.15) is 22.3 Å². The Kier molecular flexibility index (Phi) is 6.51. The Bertz CT molecular complexity index is 1480. The molecule has 1 aliphatic heterocycles. The van der Waals surface area contributed by atoms with E-state index in [9.17, 15) is 17.2 Å². The van der Waals surface area contributed by atoms with Crippen molar-refractivity contribution in [3.8, 4) is 0 Å². The monoisotopic (exact) mass is 562 g/mol. The van der Waals surface area contributed by atoms with Crippen LogP contribution < -0.4 is 5.32 Å². The largest absolute Gasteiger partial charge is 0.366 e. The molecule has 0 aliphatic carbocycles. The number of benzene rings is 1. The van der Waals surface area contributed by atoms with E-state index in [1.54, 1.807) is 23.1 Å². The predicted molar refractivity (Wildman–Crippen MR) is 129 cm³/mol. The number of piperidine rings is 1. The van der Waals surface area contributed by atoms with Crippen molar-refractivity contribution in [1.82, 2.24) is 23.9 Å². The van der Waals surface area contributed by atoms with Gasteiger partial charge in [-0.15, -0.1) is 0 Å². The first-order chi connectivity index (χ1) is 16.8. The third-order valence-electron chi connectivity index (χ3n) is 5.96. The average Bonchev–Trinajstić information content (AvgIpc) is 3.24. The van der Waals surface area contributed by atoms with Crippen LogP contribution in [0.25, 0.3) is 5.65 Å². The molecular weight excluding hydrogens is 542 g/mol. The van der Waals surface area contributed by atoms with Gasteiger partial charge in [-0.1, -0.05) is 6.07 Å². The van der Waals surface area contributed by atoms with Gasteiger partial charge in [0.2, 0.25) is 10.0 Å². The summed E-state index contributed by atoms with van der Waals surface area (Å²) in [4.78, 5) is 8.35. The number of rotatable bonds is 6. The molecule has 0 bridgehead atoms. The average molecular weight is 563 g/mol. The number of nitrogens with zero attached hydrogens (tertiary/aromatic N) is 5. The fraction of sp³-hybridized carbons (Fsp3) is 0.261. The second-order valence-corrected chi connectivity index (χ2v) is 11.0. The first-order valence-electron chi connectivity index (χ1n) is 10.9. The van der Waals surface area contributed by atoms with Crippen LogP contribution in [-0.4, -0.2) is 45.4 Å². The van der Waals surface area contributed by atoms with Gasteiger partial charge in [-0.25, -0.2) is 22.2 Å². The fourth-order valence-electron chi connectivity index (χ4n) is 4.21. The zero-order chi connectivity index (χ0) is 24.6. The second-order valence-electron chi connectivity index (χ2n) is 8.29. The van der Waals surface area contributed by atoms with Gasteiger partial charge < -0.3 is 5.32 Å². The molecule has 1 fully saturated rings. The summed E-state index contributed by atoms with van der Waals surface area (Å²) in [6.07, 6.45) is 6.42. The zero-order valence-electron chi connectivity index (χ0n) is 18.4. The predicted octanol–water partition coefficient (Wildman–Crippen LogP) is 4.35. The van der Waals surface area contributed by atoms with Gasteiger partial charge in [-0.3, -0.25) is 4.98 Å². The summed E-state index contributed by atoms with van der Waals surface area (Å²) in [5.74, 6) is -1.44. The van der Waals surface area contributed by atoms with Gasteiger partial charge in [0.25, 0.3) is 0 Å². The van der Waals surface area contributed by atoms with Crippen LogP contribution in [-0.2, 0) is 16.6 Å². The number of sulfonamides is 1. The first-order valence-corrected chi connectivity index (χ1v) is 13.2.